The summed E-state index contributed by atoms with van der Waals surface area (Å²) in [4.78, 5) is 25.0. The molecule has 4 N–H and O–H groups in total. The molecule has 318 valence electrons. The zero-order chi connectivity index (χ0) is 40.0. The van der Waals surface area contributed by atoms with E-state index < -0.39 is 22.1 Å². The number of carbonyl (C=O) groups is 2. The highest BCUT2D eigenvalue weighted by Crippen LogP contribution is 2.28. The van der Waals surface area contributed by atoms with Crippen molar-refractivity contribution in [2.75, 3.05) is 13.1 Å². The van der Waals surface area contributed by atoms with Crippen LogP contribution in [0.5, 0.6) is 0 Å². The number of allylic oxidation sites excluding steroid dienone is 4. The number of rotatable bonds is 40. The Morgan fingerprint density at radius 2 is 0.889 bits per heavy atom. The minimum absolute atomic E-state index is 0.0555. The van der Waals surface area contributed by atoms with E-state index in [9.17, 15) is 27.7 Å². The normalized spacial score (nSPS) is 12.9. The Kier molecular flexibility index (Phi) is 35.7. The second-order valence-corrected chi connectivity index (χ2v) is 16.6. The van der Waals surface area contributed by atoms with Crippen molar-refractivity contribution >= 4 is 22.2 Å². The van der Waals surface area contributed by atoms with Crippen LogP contribution in [0, 0.1) is 0 Å². The van der Waals surface area contributed by atoms with Crippen LogP contribution < -0.4 is 10.6 Å². The van der Waals surface area contributed by atoms with Gasteiger partial charge in [-0.1, -0.05) is 141 Å². The molecule has 2 amide bonds. The first-order chi connectivity index (χ1) is 26.0. The van der Waals surface area contributed by atoms with E-state index in [0.717, 1.165) is 77.0 Å². The zero-order valence-corrected chi connectivity index (χ0v) is 35.9. The molecule has 0 saturated heterocycles. The van der Waals surface area contributed by atoms with Gasteiger partial charge in [0.05, 0.1) is 11.7 Å². The average Bonchev–Trinajstić information content (AvgIpc) is 3.10. The molecule has 0 heterocycles. The fourth-order valence-electron chi connectivity index (χ4n) is 6.96. The van der Waals surface area contributed by atoms with Gasteiger partial charge in [-0.3, -0.25) is 14.1 Å². The monoisotopic (exact) mass is 785 g/mol. The van der Waals surface area contributed by atoms with Crippen LogP contribution in [0.1, 0.15) is 220 Å². The number of unbranched alkanes of at least 4 members (excludes halogenated alkanes) is 22. The van der Waals surface area contributed by atoms with Gasteiger partial charge in [0.15, 0.2) is 0 Å². The molecule has 1 atom stereocenters. The van der Waals surface area contributed by atoms with Crippen molar-refractivity contribution in [3.63, 3.8) is 0 Å². The summed E-state index contributed by atoms with van der Waals surface area (Å²) in [6.45, 7) is 6.24. The molecule has 0 fully saturated rings. The molecule has 9 nitrogen and oxygen atoms in total. The van der Waals surface area contributed by atoms with Crippen molar-refractivity contribution in [1.29, 1.82) is 0 Å². The van der Waals surface area contributed by atoms with E-state index in [-0.39, 0.29) is 44.2 Å². The van der Waals surface area contributed by atoms with Crippen molar-refractivity contribution in [2.24, 2.45) is 0 Å². The molecule has 0 spiro atoms. The number of hydrogen-bond acceptors (Lipinski definition) is 6. The fourth-order valence-corrected chi connectivity index (χ4v) is 7.64. The summed E-state index contributed by atoms with van der Waals surface area (Å²) in [5.41, 5.74) is -1.48. The maximum absolute atomic E-state index is 12.5. The van der Waals surface area contributed by atoms with Gasteiger partial charge < -0.3 is 15.7 Å². The summed E-state index contributed by atoms with van der Waals surface area (Å²) in [5, 5.41) is 15.8. The Labute approximate surface area is 332 Å². The summed E-state index contributed by atoms with van der Waals surface area (Å²) < 4.78 is 38.4. The van der Waals surface area contributed by atoms with E-state index in [1.807, 2.05) is 0 Å². The van der Waals surface area contributed by atoms with Gasteiger partial charge in [0.2, 0.25) is 11.8 Å². The van der Waals surface area contributed by atoms with Gasteiger partial charge in [-0.25, -0.2) is 4.18 Å². The van der Waals surface area contributed by atoms with E-state index in [4.69, 9.17) is 4.18 Å². The number of carbonyl (C=O) groups excluding carboxylic acids is 2. The van der Waals surface area contributed by atoms with Gasteiger partial charge in [0, 0.05) is 32.4 Å². The molecular weight excluding hydrogens is 701 g/mol. The smallest absolute Gasteiger partial charge is 0.393 e. The van der Waals surface area contributed by atoms with E-state index in [1.165, 1.54) is 96.8 Å². The molecule has 1 unspecified atom stereocenters. The lowest BCUT2D eigenvalue weighted by atomic mass is 9.89. The average molecular weight is 785 g/mol. The first kappa shape index (κ1) is 52.2. The number of hydrogen-bond donors (Lipinski definition) is 4. The number of nitrogens with one attached hydrogen (secondary N) is 2. The summed E-state index contributed by atoms with van der Waals surface area (Å²) >= 11 is 0. The molecule has 0 aliphatic heterocycles. The van der Waals surface area contributed by atoms with E-state index in [1.54, 1.807) is 0 Å². The molecule has 54 heavy (non-hydrogen) atoms. The first-order valence-electron chi connectivity index (χ1n) is 22.2. The Morgan fingerprint density at radius 1 is 0.574 bits per heavy atom. The van der Waals surface area contributed by atoms with Gasteiger partial charge in [0.1, 0.15) is 0 Å². The number of amides is 2. The molecule has 10 heteroatoms. The predicted molar refractivity (Wildman–Crippen MR) is 226 cm³/mol. The lowest BCUT2D eigenvalue weighted by molar-refractivity contribution is -0.121. The molecule has 0 aliphatic rings. The van der Waals surface area contributed by atoms with E-state index >= 15 is 0 Å². The van der Waals surface area contributed by atoms with Gasteiger partial charge in [-0.15, -0.1) is 0 Å². The van der Waals surface area contributed by atoms with Gasteiger partial charge in [-0.2, -0.15) is 8.42 Å². The first-order valence-corrected chi connectivity index (χ1v) is 23.6. The third-order valence-electron chi connectivity index (χ3n) is 10.1. The van der Waals surface area contributed by atoms with Crippen molar-refractivity contribution in [3.05, 3.63) is 24.3 Å². The van der Waals surface area contributed by atoms with Crippen molar-refractivity contribution in [3.8, 4) is 0 Å². The maximum atomic E-state index is 12.5. The van der Waals surface area contributed by atoms with Crippen LogP contribution in [0.2, 0.25) is 0 Å². The third kappa shape index (κ3) is 37.2. The maximum Gasteiger partial charge on any atom is 0.397 e. The summed E-state index contributed by atoms with van der Waals surface area (Å²) in [6, 6.07) is 0. The highest BCUT2D eigenvalue weighted by atomic mass is 32.3. The molecule has 0 aromatic rings. The molecule has 0 aliphatic carbocycles. The Bertz CT molecular complexity index is 988. The van der Waals surface area contributed by atoms with Crippen molar-refractivity contribution in [2.45, 2.75) is 232 Å². The summed E-state index contributed by atoms with van der Waals surface area (Å²) in [5.74, 6) is -0.252. The van der Waals surface area contributed by atoms with E-state index in [2.05, 4.69) is 48.8 Å². The third-order valence-corrected chi connectivity index (χ3v) is 10.7. The van der Waals surface area contributed by atoms with Crippen LogP contribution in [0.3, 0.4) is 0 Å². The van der Waals surface area contributed by atoms with Crippen LogP contribution in [-0.2, 0) is 24.2 Å². The van der Waals surface area contributed by atoms with E-state index in [0.29, 0.717) is 12.8 Å². The molecule has 0 rings (SSSR count). The molecule has 0 aromatic heterocycles. The highest BCUT2D eigenvalue weighted by molar-refractivity contribution is 7.80. The van der Waals surface area contributed by atoms with Gasteiger partial charge in [-0.05, 0) is 84.0 Å². The second kappa shape index (κ2) is 36.9. The Morgan fingerprint density at radius 3 is 1.20 bits per heavy atom. The largest absolute Gasteiger partial charge is 0.397 e. The fraction of sp³-hybridized carbons (Fsp3) is 0.864. The quantitative estimate of drug-likeness (QED) is 0.0275. The minimum atomic E-state index is -4.85. The van der Waals surface area contributed by atoms with Gasteiger partial charge >= 0.3 is 10.4 Å². The SMILES string of the molecule is CCCCCCCC/C=C\CCCCCCCC(=O)NCCC(CCNC(=O)CCCCCCC/C=C\CCCCCCCC)(CC(C)O)OS(=O)(=O)O. The van der Waals surface area contributed by atoms with Crippen LogP contribution in [0.4, 0.5) is 0 Å². The molecule has 0 bridgehead atoms. The predicted octanol–water partition coefficient (Wildman–Crippen LogP) is 11.4. The van der Waals surface area contributed by atoms with Crippen LogP contribution >= 0.6 is 0 Å². The molecule has 0 radical (unpaired) electrons. The topological polar surface area (TPSA) is 142 Å². The Hall–Kier alpha value is -1.75. The van der Waals surface area contributed by atoms with Gasteiger partial charge in [0.25, 0.3) is 0 Å². The van der Waals surface area contributed by atoms with Crippen LogP contribution in [0.15, 0.2) is 24.3 Å². The summed E-state index contributed by atoms with van der Waals surface area (Å²) in [6.07, 6.45) is 39.9. The molecule has 0 aromatic carbocycles. The molecular formula is C44H84N2O7S. The standard InChI is InChI=1S/C44H84N2O7S/c1-4-6-8-10-12-14-16-18-20-22-24-26-28-30-32-34-42(48)45-38-36-44(40-41(3)47,53-54(50,51)52)37-39-46-43(49)35-33-31-29-27-25-23-21-19-17-15-13-11-9-7-5-2/h18-21,41,47H,4-17,22-40H2,1-3H3,(H,45,48)(H,46,49)(H,50,51,52)/b20-18-,21-19-. The number of aliphatic hydroxyl groups excluding tert-OH is 1. The van der Waals surface area contributed by atoms with Crippen molar-refractivity contribution < 1.29 is 31.8 Å². The summed E-state index contributed by atoms with van der Waals surface area (Å²) in [7, 11) is -4.85. The second-order valence-electron chi connectivity index (χ2n) is 15.6. The number of aliphatic hydroxyl groups is 1. The van der Waals surface area contributed by atoms with Crippen molar-refractivity contribution in [1.82, 2.24) is 10.6 Å². The lowest BCUT2D eigenvalue weighted by Gasteiger charge is -2.33. The van der Waals surface area contributed by atoms with Crippen LogP contribution in [0.25, 0.3) is 0 Å². The Balaban J connectivity index is 4.29. The zero-order valence-electron chi connectivity index (χ0n) is 35.1. The lowest BCUT2D eigenvalue weighted by Crippen LogP contribution is -2.44. The molecule has 0 saturated carbocycles. The minimum Gasteiger partial charge on any atom is -0.393 e. The highest BCUT2D eigenvalue weighted by Gasteiger charge is 2.37. The van der Waals surface area contributed by atoms with Crippen LogP contribution in [-0.4, -0.2) is 54.7 Å².